The molecular weight excluding hydrogens is 250 g/mol. The lowest BCUT2D eigenvalue weighted by molar-refractivity contribution is -0.121. The van der Waals surface area contributed by atoms with Crippen LogP contribution < -0.4 is 5.32 Å². The van der Waals surface area contributed by atoms with Crippen molar-refractivity contribution >= 4 is 11.7 Å². The van der Waals surface area contributed by atoms with E-state index in [1.165, 1.54) is 19.4 Å². The summed E-state index contributed by atoms with van der Waals surface area (Å²) in [6.45, 7) is 5.25. The second kappa shape index (κ2) is 5.92. The average molecular weight is 273 g/mol. The van der Waals surface area contributed by atoms with Crippen LogP contribution in [0.1, 0.15) is 31.2 Å². The van der Waals surface area contributed by atoms with E-state index in [4.69, 9.17) is 0 Å². The maximum absolute atomic E-state index is 12.3. The summed E-state index contributed by atoms with van der Waals surface area (Å²) < 4.78 is 0. The first-order valence-electron chi connectivity index (χ1n) is 7.66. The van der Waals surface area contributed by atoms with Gasteiger partial charge in [0.2, 0.25) is 5.91 Å². The third-order valence-corrected chi connectivity index (χ3v) is 4.25. The van der Waals surface area contributed by atoms with Gasteiger partial charge in [0.1, 0.15) is 5.82 Å². The van der Waals surface area contributed by atoms with E-state index in [0.717, 1.165) is 37.4 Å². The number of aromatic nitrogens is 1. The molecule has 2 heterocycles. The van der Waals surface area contributed by atoms with E-state index in [2.05, 4.69) is 15.2 Å². The van der Waals surface area contributed by atoms with Crippen LogP contribution in [0.5, 0.6) is 0 Å². The van der Waals surface area contributed by atoms with E-state index in [1.54, 1.807) is 6.20 Å². The third kappa shape index (κ3) is 3.57. The number of nitrogens with one attached hydrogen (secondary N) is 1. The van der Waals surface area contributed by atoms with Gasteiger partial charge in [0, 0.05) is 19.3 Å². The zero-order chi connectivity index (χ0) is 13.9. The summed E-state index contributed by atoms with van der Waals surface area (Å²) in [5, 5.41) is 2.95. The minimum Gasteiger partial charge on any atom is -0.310 e. The van der Waals surface area contributed by atoms with Crippen LogP contribution in [0.2, 0.25) is 0 Å². The van der Waals surface area contributed by atoms with Crippen molar-refractivity contribution in [2.24, 2.45) is 11.8 Å². The molecule has 1 aliphatic heterocycles. The van der Waals surface area contributed by atoms with E-state index >= 15 is 0 Å². The molecule has 1 saturated carbocycles. The number of likely N-dealkylation sites (tertiary alicyclic amines) is 1. The Bertz CT molecular complexity index is 467. The van der Waals surface area contributed by atoms with Crippen molar-refractivity contribution in [3.05, 3.63) is 23.9 Å². The maximum atomic E-state index is 12.3. The highest BCUT2D eigenvalue weighted by Crippen LogP contribution is 2.31. The Hall–Kier alpha value is -1.42. The molecule has 0 aromatic carbocycles. The number of rotatable bonds is 4. The van der Waals surface area contributed by atoms with Gasteiger partial charge in [-0.1, -0.05) is 6.07 Å². The number of amides is 1. The standard InChI is InChI=1S/C16H23N3O/c1-12-4-7-15(17-9-12)18-16(20)14-3-2-8-19(11-14)10-13-5-6-13/h4,7,9,13-14H,2-3,5-6,8,10-11H2,1H3,(H,17,18,20). The largest absolute Gasteiger partial charge is 0.310 e. The van der Waals surface area contributed by atoms with E-state index in [9.17, 15) is 4.79 Å². The third-order valence-electron chi connectivity index (χ3n) is 4.25. The van der Waals surface area contributed by atoms with Gasteiger partial charge in [-0.3, -0.25) is 4.79 Å². The number of hydrogen-bond donors (Lipinski definition) is 1. The fourth-order valence-corrected chi connectivity index (χ4v) is 2.87. The second-order valence-electron chi connectivity index (χ2n) is 6.25. The van der Waals surface area contributed by atoms with Crippen molar-refractivity contribution in [3.8, 4) is 0 Å². The molecule has 0 bridgehead atoms. The molecule has 3 rings (SSSR count). The Balaban J connectivity index is 1.54. The van der Waals surface area contributed by atoms with Gasteiger partial charge >= 0.3 is 0 Å². The number of hydrogen-bond acceptors (Lipinski definition) is 3. The fraction of sp³-hybridized carbons (Fsp3) is 0.625. The number of pyridine rings is 1. The maximum Gasteiger partial charge on any atom is 0.229 e. The molecule has 1 unspecified atom stereocenters. The quantitative estimate of drug-likeness (QED) is 0.916. The summed E-state index contributed by atoms with van der Waals surface area (Å²) in [5.41, 5.74) is 1.11. The van der Waals surface area contributed by atoms with Crippen molar-refractivity contribution < 1.29 is 4.79 Å². The summed E-state index contributed by atoms with van der Waals surface area (Å²) in [4.78, 5) is 19.0. The molecule has 4 nitrogen and oxygen atoms in total. The SMILES string of the molecule is Cc1ccc(NC(=O)C2CCCN(CC3CC3)C2)nc1. The van der Waals surface area contributed by atoms with Crippen molar-refractivity contribution in [1.82, 2.24) is 9.88 Å². The number of carbonyl (C=O) groups is 1. The Morgan fingerprint density at radius 3 is 2.95 bits per heavy atom. The molecule has 2 aliphatic rings. The molecule has 1 aliphatic carbocycles. The zero-order valence-electron chi connectivity index (χ0n) is 12.1. The molecule has 4 heteroatoms. The lowest BCUT2D eigenvalue weighted by atomic mass is 9.97. The van der Waals surface area contributed by atoms with E-state index in [-0.39, 0.29) is 11.8 Å². The molecular formula is C16H23N3O. The van der Waals surface area contributed by atoms with Crippen molar-refractivity contribution in [3.63, 3.8) is 0 Å². The van der Waals surface area contributed by atoms with Crippen LogP contribution in [-0.4, -0.2) is 35.4 Å². The monoisotopic (exact) mass is 273 g/mol. The Morgan fingerprint density at radius 2 is 2.25 bits per heavy atom. The first-order chi connectivity index (χ1) is 9.70. The Labute approximate surface area is 120 Å². The Morgan fingerprint density at radius 1 is 1.40 bits per heavy atom. The van der Waals surface area contributed by atoms with E-state index < -0.39 is 0 Å². The van der Waals surface area contributed by atoms with Crippen molar-refractivity contribution in [2.75, 3.05) is 25.0 Å². The van der Waals surface area contributed by atoms with Gasteiger partial charge in [-0.25, -0.2) is 4.98 Å². The van der Waals surface area contributed by atoms with Gasteiger partial charge in [-0.05, 0) is 56.7 Å². The predicted octanol–water partition coefficient (Wildman–Crippen LogP) is 2.45. The lowest BCUT2D eigenvalue weighted by Crippen LogP contribution is -2.41. The van der Waals surface area contributed by atoms with Crippen molar-refractivity contribution in [1.29, 1.82) is 0 Å². The number of piperidine rings is 1. The average Bonchev–Trinajstić information content (AvgIpc) is 3.25. The minimum atomic E-state index is 0.116. The van der Waals surface area contributed by atoms with E-state index in [0.29, 0.717) is 5.82 Å². The smallest absolute Gasteiger partial charge is 0.229 e. The molecule has 2 fully saturated rings. The van der Waals surface area contributed by atoms with Crippen LogP contribution in [0.15, 0.2) is 18.3 Å². The van der Waals surface area contributed by atoms with Crippen LogP contribution in [0, 0.1) is 18.8 Å². The molecule has 0 radical (unpaired) electrons. The van der Waals surface area contributed by atoms with E-state index in [1.807, 2.05) is 19.1 Å². The van der Waals surface area contributed by atoms with Gasteiger partial charge in [-0.2, -0.15) is 0 Å². The van der Waals surface area contributed by atoms with Crippen molar-refractivity contribution in [2.45, 2.75) is 32.6 Å². The second-order valence-corrected chi connectivity index (χ2v) is 6.25. The summed E-state index contributed by atoms with van der Waals surface area (Å²) in [6, 6.07) is 3.85. The molecule has 1 aromatic rings. The van der Waals surface area contributed by atoms with Gasteiger partial charge in [0.05, 0.1) is 5.92 Å². The highest BCUT2D eigenvalue weighted by molar-refractivity contribution is 5.91. The minimum absolute atomic E-state index is 0.116. The summed E-state index contributed by atoms with van der Waals surface area (Å²) in [5.74, 6) is 1.81. The highest BCUT2D eigenvalue weighted by Gasteiger charge is 2.30. The van der Waals surface area contributed by atoms with Gasteiger partial charge < -0.3 is 10.2 Å². The first kappa shape index (κ1) is 13.6. The summed E-state index contributed by atoms with van der Waals surface area (Å²) in [6.07, 6.45) is 6.67. The lowest BCUT2D eigenvalue weighted by Gasteiger charge is -2.31. The predicted molar refractivity (Wildman–Crippen MR) is 79.5 cm³/mol. The van der Waals surface area contributed by atoms with Gasteiger partial charge in [-0.15, -0.1) is 0 Å². The fourth-order valence-electron chi connectivity index (χ4n) is 2.87. The van der Waals surface area contributed by atoms with Crippen LogP contribution >= 0.6 is 0 Å². The summed E-state index contributed by atoms with van der Waals surface area (Å²) >= 11 is 0. The number of nitrogens with zero attached hydrogens (tertiary/aromatic N) is 2. The molecule has 1 N–H and O–H groups in total. The molecule has 108 valence electrons. The van der Waals surface area contributed by atoms with Gasteiger partial charge in [0.15, 0.2) is 0 Å². The number of anilines is 1. The molecule has 1 atom stereocenters. The molecule has 1 saturated heterocycles. The Kier molecular flexibility index (Phi) is 4.01. The topological polar surface area (TPSA) is 45.2 Å². The van der Waals surface area contributed by atoms with Gasteiger partial charge in [0.25, 0.3) is 0 Å². The molecule has 20 heavy (non-hydrogen) atoms. The van der Waals surface area contributed by atoms with Crippen LogP contribution in [0.3, 0.4) is 0 Å². The molecule has 0 spiro atoms. The number of aryl methyl sites for hydroxylation is 1. The zero-order valence-corrected chi connectivity index (χ0v) is 12.1. The first-order valence-corrected chi connectivity index (χ1v) is 7.66. The normalized spacial score (nSPS) is 23.6. The van der Waals surface area contributed by atoms with Crippen LogP contribution in [-0.2, 0) is 4.79 Å². The van der Waals surface area contributed by atoms with Crippen LogP contribution in [0.25, 0.3) is 0 Å². The summed E-state index contributed by atoms with van der Waals surface area (Å²) in [7, 11) is 0. The van der Waals surface area contributed by atoms with Crippen LogP contribution in [0.4, 0.5) is 5.82 Å². The molecule has 1 amide bonds. The highest BCUT2D eigenvalue weighted by atomic mass is 16.2. The number of carbonyl (C=O) groups excluding carboxylic acids is 1. The molecule has 1 aromatic heterocycles.